The SMILES string of the molecule is COc1cccc(CN(C(=O)CN(c2cccc(Cl)c2)S(=O)(=O)c2ccc(Cl)cc2)C(Cc2ccccc2)C(=O)NC2CCCC2)c1. The van der Waals surface area contributed by atoms with Crippen molar-refractivity contribution in [2.75, 3.05) is 18.0 Å². The third-order valence-electron chi connectivity index (χ3n) is 8.24. The molecule has 1 unspecified atom stereocenters. The minimum atomic E-state index is -4.28. The Hall–Kier alpha value is -4.05. The van der Waals surface area contributed by atoms with Crippen molar-refractivity contribution in [3.63, 3.8) is 0 Å². The molecule has 1 atom stereocenters. The summed E-state index contributed by atoms with van der Waals surface area (Å²) in [5.41, 5.74) is 1.79. The van der Waals surface area contributed by atoms with Crippen LogP contribution in [0, 0.1) is 0 Å². The number of nitrogens with one attached hydrogen (secondary N) is 1. The molecule has 1 aliphatic rings. The van der Waals surface area contributed by atoms with E-state index in [1.54, 1.807) is 37.4 Å². The number of carbonyl (C=O) groups excluding carboxylic acids is 2. The second-order valence-corrected chi connectivity index (χ2v) is 14.2. The number of ether oxygens (including phenoxy) is 1. The van der Waals surface area contributed by atoms with E-state index in [0.717, 1.165) is 41.1 Å². The van der Waals surface area contributed by atoms with Crippen LogP contribution in [0.5, 0.6) is 5.75 Å². The molecule has 0 aliphatic heterocycles. The van der Waals surface area contributed by atoms with Crippen molar-refractivity contribution in [2.24, 2.45) is 0 Å². The number of carbonyl (C=O) groups is 2. The number of hydrogen-bond acceptors (Lipinski definition) is 5. The van der Waals surface area contributed by atoms with Crippen LogP contribution in [0.15, 0.2) is 108 Å². The van der Waals surface area contributed by atoms with Crippen LogP contribution < -0.4 is 14.4 Å². The standard InChI is InChI=1S/C36H37Cl2N3O5S/c1-46-32-16-7-11-27(21-32)24-40(34(22-26-9-3-2-4-10-26)36(43)39-30-13-5-6-14-30)35(42)25-41(31-15-8-12-29(38)23-31)47(44,45)33-19-17-28(37)18-20-33/h2-4,7-12,15-21,23,30,34H,5-6,13-14,22,24-25H2,1H3,(H,39,43). The molecule has 1 N–H and O–H groups in total. The van der Waals surface area contributed by atoms with Crippen LogP contribution in [0.3, 0.4) is 0 Å². The summed E-state index contributed by atoms with van der Waals surface area (Å²) in [5, 5.41) is 3.85. The van der Waals surface area contributed by atoms with Crippen LogP contribution >= 0.6 is 23.2 Å². The molecule has 0 spiro atoms. The molecule has 8 nitrogen and oxygen atoms in total. The average molecular weight is 695 g/mol. The van der Waals surface area contributed by atoms with Gasteiger partial charge in [-0.1, -0.05) is 84.6 Å². The van der Waals surface area contributed by atoms with E-state index in [2.05, 4.69) is 5.32 Å². The molecule has 11 heteroatoms. The summed E-state index contributed by atoms with van der Waals surface area (Å²) in [5.74, 6) is -0.254. The van der Waals surface area contributed by atoms with Crippen molar-refractivity contribution in [2.45, 2.75) is 55.6 Å². The van der Waals surface area contributed by atoms with E-state index in [4.69, 9.17) is 27.9 Å². The number of rotatable bonds is 13. The fourth-order valence-electron chi connectivity index (χ4n) is 5.78. The summed E-state index contributed by atoms with van der Waals surface area (Å²) in [6, 6.07) is 27.9. The molecule has 4 aromatic rings. The lowest BCUT2D eigenvalue weighted by Crippen LogP contribution is -2.54. The number of hydrogen-bond donors (Lipinski definition) is 1. The largest absolute Gasteiger partial charge is 0.497 e. The molecule has 1 aliphatic carbocycles. The number of amides is 2. The highest BCUT2D eigenvalue weighted by molar-refractivity contribution is 7.92. The first-order valence-electron chi connectivity index (χ1n) is 15.4. The predicted octanol–water partition coefficient (Wildman–Crippen LogP) is 6.90. The Balaban J connectivity index is 1.57. The third-order valence-corrected chi connectivity index (χ3v) is 10.5. The van der Waals surface area contributed by atoms with Gasteiger partial charge in [0.1, 0.15) is 18.3 Å². The number of nitrogens with zero attached hydrogens (tertiary/aromatic N) is 2. The minimum absolute atomic E-state index is 0.0165. The first kappa shape index (κ1) is 34.3. The molecule has 0 heterocycles. The Morgan fingerprint density at radius 1 is 0.851 bits per heavy atom. The Labute approximate surface area is 286 Å². The minimum Gasteiger partial charge on any atom is -0.497 e. The van der Waals surface area contributed by atoms with E-state index >= 15 is 0 Å². The maximum Gasteiger partial charge on any atom is 0.264 e. The van der Waals surface area contributed by atoms with E-state index in [0.29, 0.717) is 15.8 Å². The van der Waals surface area contributed by atoms with E-state index in [1.165, 1.54) is 35.2 Å². The van der Waals surface area contributed by atoms with E-state index in [9.17, 15) is 18.0 Å². The summed E-state index contributed by atoms with van der Waals surface area (Å²) < 4.78 is 34.8. The van der Waals surface area contributed by atoms with Gasteiger partial charge in [-0.15, -0.1) is 0 Å². The van der Waals surface area contributed by atoms with Crippen LogP contribution in [0.1, 0.15) is 36.8 Å². The number of halogens is 2. The van der Waals surface area contributed by atoms with Gasteiger partial charge in [0.2, 0.25) is 11.8 Å². The zero-order valence-corrected chi connectivity index (χ0v) is 28.3. The summed E-state index contributed by atoms with van der Waals surface area (Å²) in [4.78, 5) is 30.2. The number of benzene rings is 4. The Kier molecular flexibility index (Phi) is 11.4. The topological polar surface area (TPSA) is 96.0 Å². The summed E-state index contributed by atoms with van der Waals surface area (Å²) in [6.07, 6.45) is 4.02. The van der Waals surface area contributed by atoms with Gasteiger partial charge in [-0.25, -0.2) is 8.42 Å². The highest BCUT2D eigenvalue weighted by Crippen LogP contribution is 2.28. The highest BCUT2D eigenvalue weighted by Gasteiger charge is 2.35. The van der Waals surface area contributed by atoms with E-state index in [1.807, 2.05) is 42.5 Å². The van der Waals surface area contributed by atoms with E-state index < -0.39 is 28.5 Å². The molecular formula is C36H37Cl2N3O5S. The van der Waals surface area contributed by atoms with Gasteiger partial charge in [-0.3, -0.25) is 13.9 Å². The Bertz CT molecular complexity index is 1780. The Morgan fingerprint density at radius 2 is 1.53 bits per heavy atom. The second kappa shape index (κ2) is 15.7. The van der Waals surface area contributed by atoms with Crippen molar-refractivity contribution in [1.82, 2.24) is 10.2 Å². The quantitative estimate of drug-likeness (QED) is 0.164. The molecular weight excluding hydrogens is 657 g/mol. The maximum absolute atomic E-state index is 14.6. The number of sulfonamides is 1. The van der Waals surface area contributed by atoms with Gasteiger partial charge >= 0.3 is 0 Å². The van der Waals surface area contributed by atoms with E-state index in [-0.39, 0.29) is 35.5 Å². The van der Waals surface area contributed by atoms with Crippen LogP contribution in [0.2, 0.25) is 10.0 Å². The van der Waals surface area contributed by atoms with Gasteiger partial charge in [-0.2, -0.15) is 0 Å². The van der Waals surface area contributed by atoms with Crippen LogP contribution in [-0.4, -0.2) is 50.9 Å². The molecule has 0 aromatic heterocycles. The van der Waals surface area contributed by atoms with Crippen LogP contribution in [-0.2, 0) is 32.6 Å². The van der Waals surface area contributed by atoms with Gasteiger partial charge in [0.15, 0.2) is 0 Å². The molecule has 5 rings (SSSR count). The van der Waals surface area contributed by atoms with Crippen molar-refractivity contribution in [3.8, 4) is 5.75 Å². The fraction of sp³-hybridized carbons (Fsp3) is 0.278. The third kappa shape index (κ3) is 8.86. The summed E-state index contributed by atoms with van der Waals surface area (Å²) in [6.45, 7) is -0.548. The second-order valence-electron chi connectivity index (χ2n) is 11.5. The van der Waals surface area contributed by atoms with Gasteiger partial charge < -0.3 is 15.0 Å². The monoisotopic (exact) mass is 693 g/mol. The molecule has 47 heavy (non-hydrogen) atoms. The Morgan fingerprint density at radius 3 is 2.21 bits per heavy atom. The zero-order valence-electron chi connectivity index (χ0n) is 26.0. The fourth-order valence-corrected chi connectivity index (χ4v) is 7.50. The van der Waals surface area contributed by atoms with Crippen LogP contribution in [0.4, 0.5) is 5.69 Å². The van der Waals surface area contributed by atoms with Gasteiger partial charge in [0, 0.05) is 29.1 Å². The first-order valence-corrected chi connectivity index (χ1v) is 17.6. The van der Waals surface area contributed by atoms with Gasteiger partial charge in [0.05, 0.1) is 17.7 Å². The first-order chi connectivity index (χ1) is 22.6. The average Bonchev–Trinajstić information content (AvgIpc) is 3.59. The lowest BCUT2D eigenvalue weighted by Gasteiger charge is -2.34. The number of anilines is 1. The van der Waals surface area contributed by atoms with Crippen LogP contribution in [0.25, 0.3) is 0 Å². The maximum atomic E-state index is 14.6. The van der Waals surface area contributed by atoms with Crippen molar-refractivity contribution in [3.05, 3.63) is 124 Å². The zero-order chi connectivity index (χ0) is 33.4. The molecule has 1 saturated carbocycles. The van der Waals surface area contributed by atoms with Gasteiger partial charge in [0.25, 0.3) is 10.0 Å². The normalized spacial score (nSPS) is 13.9. The molecule has 2 amide bonds. The predicted molar refractivity (Wildman–Crippen MR) is 185 cm³/mol. The lowest BCUT2D eigenvalue weighted by atomic mass is 10.0. The molecule has 246 valence electrons. The highest BCUT2D eigenvalue weighted by atomic mass is 35.5. The molecule has 1 fully saturated rings. The van der Waals surface area contributed by atoms with Crippen molar-refractivity contribution in [1.29, 1.82) is 0 Å². The molecule has 4 aromatic carbocycles. The lowest BCUT2D eigenvalue weighted by molar-refractivity contribution is -0.140. The number of methoxy groups -OCH3 is 1. The molecule has 0 radical (unpaired) electrons. The molecule has 0 bridgehead atoms. The van der Waals surface area contributed by atoms with Crippen molar-refractivity contribution < 1.29 is 22.7 Å². The smallest absolute Gasteiger partial charge is 0.264 e. The molecule has 0 saturated heterocycles. The summed E-state index contributed by atoms with van der Waals surface area (Å²) in [7, 11) is -2.72. The van der Waals surface area contributed by atoms with Gasteiger partial charge in [-0.05, 0) is 78.6 Å². The summed E-state index contributed by atoms with van der Waals surface area (Å²) >= 11 is 12.4. The van der Waals surface area contributed by atoms with Crippen molar-refractivity contribution >= 4 is 50.7 Å².